The summed E-state index contributed by atoms with van der Waals surface area (Å²) in [5.74, 6) is 0.995. The van der Waals surface area contributed by atoms with Gasteiger partial charge in [-0.3, -0.25) is 4.98 Å². The van der Waals surface area contributed by atoms with Gasteiger partial charge in [-0.2, -0.15) is 0 Å². The molecule has 0 aliphatic rings. The molecule has 1 atom stereocenters. The van der Waals surface area contributed by atoms with Crippen LogP contribution < -0.4 is 5.32 Å². The Kier molecular flexibility index (Phi) is 6.74. The van der Waals surface area contributed by atoms with E-state index < -0.39 is 0 Å². The first-order valence-electron chi connectivity index (χ1n) is 7.23. The van der Waals surface area contributed by atoms with E-state index >= 15 is 0 Å². The van der Waals surface area contributed by atoms with Gasteiger partial charge in [0.05, 0.1) is 0 Å². The third-order valence-corrected chi connectivity index (χ3v) is 5.46. The summed E-state index contributed by atoms with van der Waals surface area (Å²) in [7, 11) is 0. The standard InChI is InChI=1S/C17H21BrN2S/c1-3-9-20-16(14-11-19-10-8-13(14)2)12-21-17-7-5-4-6-15(17)18/h4-8,10-11,16,20H,3,9,12H2,1-2H3. The van der Waals surface area contributed by atoms with Crippen molar-refractivity contribution in [1.29, 1.82) is 0 Å². The van der Waals surface area contributed by atoms with Crippen LogP contribution in [0.25, 0.3) is 0 Å². The van der Waals surface area contributed by atoms with E-state index in [1.54, 1.807) is 0 Å². The first-order chi connectivity index (χ1) is 10.2. The molecule has 0 saturated heterocycles. The van der Waals surface area contributed by atoms with Crippen LogP contribution in [0.1, 0.15) is 30.5 Å². The van der Waals surface area contributed by atoms with Crippen LogP contribution in [-0.2, 0) is 0 Å². The molecule has 1 aromatic heterocycles. The van der Waals surface area contributed by atoms with Gasteiger partial charge in [-0.05, 0) is 65.1 Å². The number of aryl methyl sites for hydroxylation is 1. The number of nitrogens with zero attached hydrogens (tertiary/aromatic N) is 1. The Morgan fingerprint density at radius 3 is 2.81 bits per heavy atom. The van der Waals surface area contributed by atoms with Gasteiger partial charge in [0.1, 0.15) is 0 Å². The largest absolute Gasteiger partial charge is 0.309 e. The van der Waals surface area contributed by atoms with Gasteiger partial charge >= 0.3 is 0 Å². The van der Waals surface area contributed by atoms with E-state index in [1.807, 2.05) is 30.2 Å². The minimum Gasteiger partial charge on any atom is -0.309 e. The number of pyridine rings is 1. The molecule has 1 unspecified atom stereocenters. The van der Waals surface area contributed by atoms with Crippen molar-refractivity contribution in [2.45, 2.75) is 31.2 Å². The highest BCUT2D eigenvalue weighted by Crippen LogP contribution is 2.31. The van der Waals surface area contributed by atoms with Gasteiger partial charge < -0.3 is 5.32 Å². The van der Waals surface area contributed by atoms with E-state index in [-0.39, 0.29) is 0 Å². The maximum Gasteiger partial charge on any atom is 0.0433 e. The van der Waals surface area contributed by atoms with Crippen molar-refractivity contribution in [3.63, 3.8) is 0 Å². The fourth-order valence-corrected chi connectivity index (χ4v) is 3.81. The molecule has 0 spiro atoms. The Bertz CT molecular complexity index is 574. The Balaban J connectivity index is 2.10. The third-order valence-electron chi connectivity index (χ3n) is 3.34. The minimum absolute atomic E-state index is 0.329. The summed E-state index contributed by atoms with van der Waals surface area (Å²) >= 11 is 5.49. The van der Waals surface area contributed by atoms with E-state index in [4.69, 9.17) is 0 Å². The number of nitrogens with one attached hydrogen (secondary N) is 1. The second kappa shape index (κ2) is 8.57. The van der Waals surface area contributed by atoms with Gasteiger partial charge in [-0.15, -0.1) is 11.8 Å². The van der Waals surface area contributed by atoms with Crippen LogP contribution in [0.4, 0.5) is 0 Å². The number of benzene rings is 1. The second-order valence-corrected chi connectivity index (χ2v) is 6.90. The maximum atomic E-state index is 4.29. The predicted molar refractivity (Wildman–Crippen MR) is 94.9 cm³/mol. The number of aromatic nitrogens is 1. The van der Waals surface area contributed by atoms with Gasteiger partial charge in [-0.25, -0.2) is 0 Å². The fourth-order valence-electron chi connectivity index (χ4n) is 2.15. The summed E-state index contributed by atoms with van der Waals surface area (Å²) in [6.45, 7) is 5.37. The average molecular weight is 365 g/mol. The molecule has 2 nitrogen and oxygen atoms in total. The number of rotatable bonds is 7. The molecule has 0 bridgehead atoms. The molecule has 4 heteroatoms. The van der Waals surface area contributed by atoms with Crippen molar-refractivity contribution < 1.29 is 0 Å². The molecule has 1 aromatic carbocycles. The van der Waals surface area contributed by atoms with Crippen LogP contribution in [0.2, 0.25) is 0 Å². The van der Waals surface area contributed by atoms with Crippen LogP contribution in [-0.4, -0.2) is 17.3 Å². The summed E-state index contributed by atoms with van der Waals surface area (Å²) in [5.41, 5.74) is 2.59. The summed E-state index contributed by atoms with van der Waals surface area (Å²) < 4.78 is 1.16. The molecular weight excluding hydrogens is 344 g/mol. The quantitative estimate of drug-likeness (QED) is 0.700. The Labute approximate surface area is 139 Å². The smallest absolute Gasteiger partial charge is 0.0433 e. The van der Waals surface area contributed by atoms with Crippen molar-refractivity contribution in [3.8, 4) is 0 Å². The Hall–Kier alpha value is -0.840. The summed E-state index contributed by atoms with van der Waals surface area (Å²) in [6, 6.07) is 10.8. The Morgan fingerprint density at radius 1 is 1.29 bits per heavy atom. The maximum absolute atomic E-state index is 4.29. The number of hydrogen-bond donors (Lipinski definition) is 1. The van der Waals surface area contributed by atoms with Crippen LogP contribution in [0.15, 0.2) is 52.1 Å². The van der Waals surface area contributed by atoms with Gasteiger partial charge in [0.15, 0.2) is 0 Å². The number of hydrogen-bond acceptors (Lipinski definition) is 3. The van der Waals surface area contributed by atoms with E-state index in [9.17, 15) is 0 Å². The molecule has 21 heavy (non-hydrogen) atoms. The number of thioether (sulfide) groups is 1. The first kappa shape index (κ1) is 16.5. The topological polar surface area (TPSA) is 24.9 Å². The zero-order valence-electron chi connectivity index (χ0n) is 12.5. The van der Waals surface area contributed by atoms with E-state index in [0.29, 0.717) is 6.04 Å². The highest BCUT2D eigenvalue weighted by Gasteiger charge is 2.14. The molecule has 0 amide bonds. The van der Waals surface area contributed by atoms with Crippen LogP contribution in [0, 0.1) is 6.92 Å². The fraction of sp³-hybridized carbons (Fsp3) is 0.353. The van der Waals surface area contributed by atoms with Crippen molar-refractivity contribution >= 4 is 27.7 Å². The molecule has 2 rings (SSSR count). The summed E-state index contributed by atoms with van der Waals surface area (Å²) in [6.07, 6.45) is 4.98. The number of halogens is 1. The van der Waals surface area contributed by atoms with Crippen molar-refractivity contribution in [2.75, 3.05) is 12.3 Å². The lowest BCUT2D eigenvalue weighted by molar-refractivity contribution is 0.573. The SMILES string of the molecule is CCCNC(CSc1ccccc1Br)c1cnccc1C. The normalized spacial score (nSPS) is 12.3. The van der Waals surface area contributed by atoms with Gasteiger partial charge in [0, 0.05) is 33.6 Å². The second-order valence-electron chi connectivity index (χ2n) is 4.98. The van der Waals surface area contributed by atoms with Crippen molar-refractivity contribution in [3.05, 3.63) is 58.3 Å². The minimum atomic E-state index is 0.329. The summed E-state index contributed by atoms with van der Waals surface area (Å²) in [4.78, 5) is 5.57. The highest BCUT2D eigenvalue weighted by atomic mass is 79.9. The van der Waals surface area contributed by atoms with Crippen LogP contribution >= 0.6 is 27.7 Å². The van der Waals surface area contributed by atoms with Crippen molar-refractivity contribution in [1.82, 2.24) is 10.3 Å². The van der Waals surface area contributed by atoms with Crippen LogP contribution in [0.5, 0.6) is 0 Å². The lowest BCUT2D eigenvalue weighted by atomic mass is 10.1. The van der Waals surface area contributed by atoms with Crippen molar-refractivity contribution in [2.24, 2.45) is 0 Å². The molecule has 0 aliphatic heterocycles. The zero-order chi connectivity index (χ0) is 15.1. The van der Waals surface area contributed by atoms with E-state index in [1.165, 1.54) is 16.0 Å². The molecule has 1 N–H and O–H groups in total. The van der Waals surface area contributed by atoms with E-state index in [0.717, 1.165) is 23.2 Å². The molecule has 0 fully saturated rings. The molecule has 0 radical (unpaired) electrons. The molecule has 1 heterocycles. The monoisotopic (exact) mass is 364 g/mol. The molecular formula is C17H21BrN2S. The zero-order valence-corrected chi connectivity index (χ0v) is 14.9. The summed E-state index contributed by atoms with van der Waals surface area (Å²) in [5, 5.41) is 3.64. The van der Waals surface area contributed by atoms with Crippen LogP contribution in [0.3, 0.4) is 0 Å². The van der Waals surface area contributed by atoms with E-state index in [2.05, 4.69) is 64.3 Å². The molecule has 2 aromatic rings. The molecule has 0 aliphatic carbocycles. The third kappa shape index (κ3) is 4.83. The molecule has 0 saturated carbocycles. The Morgan fingerprint density at radius 2 is 2.10 bits per heavy atom. The first-order valence-corrected chi connectivity index (χ1v) is 9.01. The average Bonchev–Trinajstić information content (AvgIpc) is 2.50. The van der Waals surface area contributed by atoms with Gasteiger partial charge in [-0.1, -0.05) is 19.1 Å². The van der Waals surface area contributed by atoms with Gasteiger partial charge in [0.2, 0.25) is 0 Å². The lowest BCUT2D eigenvalue weighted by Gasteiger charge is -2.20. The molecule has 112 valence electrons. The predicted octanol–water partition coefficient (Wildman–Crippen LogP) is 4.99. The van der Waals surface area contributed by atoms with Gasteiger partial charge in [0.25, 0.3) is 0 Å². The highest BCUT2D eigenvalue weighted by molar-refractivity contribution is 9.10. The lowest BCUT2D eigenvalue weighted by Crippen LogP contribution is -2.25.